The van der Waals surface area contributed by atoms with Crippen LogP contribution in [0.1, 0.15) is 48.4 Å². The second-order valence-corrected chi connectivity index (χ2v) is 5.15. The molecule has 0 fully saturated rings. The number of hydrogen-bond acceptors (Lipinski definition) is 1. The molecule has 0 amide bonds. The van der Waals surface area contributed by atoms with Crippen LogP contribution in [0.15, 0.2) is 11.6 Å². The molecule has 0 aromatic carbocycles. The Morgan fingerprint density at radius 2 is 2.08 bits per heavy atom. The van der Waals surface area contributed by atoms with Crippen LogP contribution in [-0.4, -0.2) is 0 Å². The second kappa shape index (κ2) is 2.98. The first kappa shape index (κ1) is 9.01. The first-order valence-electron chi connectivity index (χ1n) is 4.95. The Morgan fingerprint density at radius 3 is 2.62 bits per heavy atom. The molecule has 1 aliphatic rings. The molecule has 2 rings (SSSR count). The van der Waals surface area contributed by atoms with Crippen molar-refractivity contribution in [1.29, 1.82) is 0 Å². The van der Waals surface area contributed by atoms with Gasteiger partial charge in [-0.1, -0.05) is 19.4 Å². The van der Waals surface area contributed by atoms with E-state index in [9.17, 15) is 0 Å². The van der Waals surface area contributed by atoms with Crippen molar-refractivity contribution in [3.8, 4) is 0 Å². The fourth-order valence-electron chi connectivity index (χ4n) is 2.37. The summed E-state index contributed by atoms with van der Waals surface area (Å²) in [6.07, 6.45) is 1.20. The highest BCUT2D eigenvalue weighted by Crippen LogP contribution is 2.46. The van der Waals surface area contributed by atoms with Gasteiger partial charge in [0.05, 0.1) is 0 Å². The van der Waals surface area contributed by atoms with Crippen LogP contribution in [0.2, 0.25) is 0 Å². The summed E-state index contributed by atoms with van der Waals surface area (Å²) < 4.78 is 0. The van der Waals surface area contributed by atoms with Crippen LogP contribution >= 0.6 is 11.3 Å². The molecule has 0 saturated heterocycles. The van der Waals surface area contributed by atoms with Crippen LogP contribution in [-0.2, 0) is 0 Å². The Balaban J connectivity index is 2.56. The van der Waals surface area contributed by atoms with Crippen molar-refractivity contribution in [1.82, 2.24) is 0 Å². The van der Waals surface area contributed by atoms with Gasteiger partial charge in [0.15, 0.2) is 0 Å². The average Bonchev–Trinajstić information content (AvgIpc) is 2.55. The number of hydrogen-bond donors (Lipinski definition) is 0. The Labute approximate surface area is 84.3 Å². The maximum atomic E-state index is 2.34. The van der Waals surface area contributed by atoms with Crippen molar-refractivity contribution >= 4 is 16.9 Å². The molecule has 1 heteroatoms. The van der Waals surface area contributed by atoms with Gasteiger partial charge in [-0.2, -0.15) is 0 Å². The molecule has 0 bridgehead atoms. The van der Waals surface area contributed by atoms with Gasteiger partial charge in [0, 0.05) is 15.7 Å². The molecule has 1 atom stereocenters. The standard InChI is InChI=1S/C12H16S/c1-5-10-8(3)11-6-7(2)13-12(11)9(10)4/h6,9H,5H2,1-4H3. The van der Waals surface area contributed by atoms with Crippen LogP contribution in [0.4, 0.5) is 0 Å². The van der Waals surface area contributed by atoms with E-state index in [4.69, 9.17) is 0 Å². The summed E-state index contributed by atoms with van der Waals surface area (Å²) in [4.78, 5) is 3.04. The zero-order chi connectivity index (χ0) is 9.59. The van der Waals surface area contributed by atoms with Gasteiger partial charge in [-0.15, -0.1) is 11.3 Å². The molecule has 1 aromatic heterocycles. The van der Waals surface area contributed by atoms with Gasteiger partial charge in [0.1, 0.15) is 0 Å². The topological polar surface area (TPSA) is 0 Å². The van der Waals surface area contributed by atoms with Gasteiger partial charge in [0.25, 0.3) is 0 Å². The van der Waals surface area contributed by atoms with Crippen LogP contribution in [0.3, 0.4) is 0 Å². The van der Waals surface area contributed by atoms with Gasteiger partial charge in [-0.05, 0) is 37.5 Å². The van der Waals surface area contributed by atoms with E-state index < -0.39 is 0 Å². The predicted molar refractivity (Wildman–Crippen MR) is 60.4 cm³/mol. The van der Waals surface area contributed by atoms with E-state index in [0.29, 0.717) is 5.92 Å². The number of rotatable bonds is 1. The normalized spacial score (nSPS) is 21.1. The molecule has 0 spiro atoms. The largest absolute Gasteiger partial charge is 0.144 e. The lowest BCUT2D eigenvalue weighted by molar-refractivity contribution is 0.877. The summed E-state index contributed by atoms with van der Waals surface area (Å²) in [7, 11) is 0. The predicted octanol–water partition coefficient (Wildman–Crippen LogP) is 4.36. The van der Waals surface area contributed by atoms with E-state index >= 15 is 0 Å². The third-order valence-electron chi connectivity index (χ3n) is 3.07. The lowest BCUT2D eigenvalue weighted by Gasteiger charge is -2.07. The Hall–Kier alpha value is -0.560. The molecule has 0 radical (unpaired) electrons. The second-order valence-electron chi connectivity index (χ2n) is 3.86. The van der Waals surface area contributed by atoms with Gasteiger partial charge >= 0.3 is 0 Å². The first-order chi connectivity index (χ1) is 6.15. The fraction of sp³-hybridized carbons (Fsp3) is 0.500. The highest BCUT2D eigenvalue weighted by molar-refractivity contribution is 7.12. The lowest BCUT2D eigenvalue weighted by atomic mass is 10.0. The maximum absolute atomic E-state index is 2.34. The summed E-state index contributed by atoms with van der Waals surface area (Å²) >= 11 is 1.97. The highest BCUT2D eigenvalue weighted by Gasteiger charge is 2.26. The van der Waals surface area contributed by atoms with Crippen molar-refractivity contribution in [2.45, 2.75) is 40.0 Å². The molecular weight excluding hydrogens is 176 g/mol. The smallest absolute Gasteiger partial charge is 0.0192 e. The van der Waals surface area contributed by atoms with Crippen molar-refractivity contribution in [2.75, 3.05) is 0 Å². The number of fused-ring (bicyclic) bond motifs is 1. The van der Waals surface area contributed by atoms with Crippen LogP contribution < -0.4 is 0 Å². The summed E-state index contributed by atoms with van der Waals surface area (Å²) in [6, 6.07) is 2.34. The van der Waals surface area contributed by atoms with E-state index in [1.165, 1.54) is 22.4 Å². The molecule has 0 N–H and O–H groups in total. The molecule has 0 saturated carbocycles. The third kappa shape index (κ3) is 1.18. The molecule has 1 aliphatic carbocycles. The highest BCUT2D eigenvalue weighted by atomic mass is 32.1. The molecule has 0 aliphatic heterocycles. The first-order valence-corrected chi connectivity index (χ1v) is 5.77. The van der Waals surface area contributed by atoms with E-state index in [1.54, 1.807) is 10.5 Å². The number of allylic oxidation sites excluding steroid dienone is 2. The van der Waals surface area contributed by atoms with E-state index in [0.717, 1.165) is 0 Å². The van der Waals surface area contributed by atoms with Crippen LogP contribution in [0.25, 0.3) is 5.57 Å². The maximum Gasteiger partial charge on any atom is 0.0192 e. The van der Waals surface area contributed by atoms with Gasteiger partial charge in [-0.25, -0.2) is 0 Å². The molecule has 1 unspecified atom stereocenters. The lowest BCUT2D eigenvalue weighted by Crippen LogP contribution is -1.89. The average molecular weight is 192 g/mol. The van der Waals surface area contributed by atoms with Crippen molar-refractivity contribution < 1.29 is 0 Å². The zero-order valence-electron chi connectivity index (χ0n) is 8.77. The van der Waals surface area contributed by atoms with Crippen molar-refractivity contribution in [2.24, 2.45) is 0 Å². The molecule has 70 valence electrons. The minimum Gasteiger partial charge on any atom is -0.144 e. The van der Waals surface area contributed by atoms with Crippen molar-refractivity contribution in [3.05, 3.63) is 27.0 Å². The third-order valence-corrected chi connectivity index (χ3v) is 4.30. The van der Waals surface area contributed by atoms with E-state index in [1.807, 2.05) is 11.3 Å². The molecule has 0 nitrogen and oxygen atoms in total. The SMILES string of the molecule is CCC1=C(C)c2cc(C)sc2C1C. The summed E-state index contributed by atoms with van der Waals surface area (Å²) in [5.41, 5.74) is 4.70. The minimum absolute atomic E-state index is 0.679. The van der Waals surface area contributed by atoms with Crippen LogP contribution in [0.5, 0.6) is 0 Å². The van der Waals surface area contributed by atoms with Gasteiger partial charge < -0.3 is 0 Å². The quantitative estimate of drug-likeness (QED) is 0.620. The Morgan fingerprint density at radius 1 is 1.38 bits per heavy atom. The minimum atomic E-state index is 0.679. The fourth-order valence-corrected chi connectivity index (χ4v) is 3.54. The van der Waals surface area contributed by atoms with Gasteiger partial charge in [-0.3, -0.25) is 0 Å². The molecular formula is C12H16S. The number of aryl methyl sites for hydroxylation is 1. The summed E-state index contributed by atoms with van der Waals surface area (Å²) in [5.74, 6) is 0.679. The molecule has 1 heterocycles. The zero-order valence-corrected chi connectivity index (χ0v) is 9.59. The van der Waals surface area contributed by atoms with E-state index in [2.05, 4.69) is 33.8 Å². The number of thiophene rings is 1. The monoisotopic (exact) mass is 192 g/mol. The van der Waals surface area contributed by atoms with Crippen molar-refractivity contribution in [3.63, 3.8) is 0 Å². The molecule has 13 heavy (non-hydrogen) atoms. The van der Waals surface area contributed by atoms with Gasteiger partial charge in [0.2, 0.25) is 0 Å². The Kier molecular flexibility index (Phi) is 2.07. The summed E-state index contributed by atoms with van der Waals surface area (Å²) in [5, 5.41) is 0. The molecule has 1 aromatic rings. The Bertz CT molecular complexity index is 368. The van der Waals surface area contributed by atoms with E-state index in [-0.39, 0.29) is 0 Å². The van der Waals surface area contributed by atoms with Crippen LogP contribution in [0, 0.1) is 6.92 Å². The summed E-state index contributed by atoms with van der Waals surface area (Å²) in [6.45, 7) is 9.07.